The van der Waals surface area contributed by atoms with Gasteiger partial charge in [-0.1, -0.05) is 0 Å². The molecule has 0 radical (unpaired) electrons. The first-order valence-corrected chi connectivity index (χ1v) is 5.12. The number of phenols is 1. The fourth-order valence-corrected chi connectivity index (χ4v) is 1.37. The van der Waals surface area contributed by atoms with Crippen LogP contribution in [0.5, 0.6) is 5.75 Å². The van der Waals surface area contributed by atoms with Crippen molar-refractivity contribution in [2.75, 3.05) is 0 Å². The zero-order valence-corrected chi connectivity index (χ0v) is 9.26. The maximum atomic E-state index is 12.7. The summed E-state index contributed by atoms with van der Waals surface area (Å²) >= 11 is 0. The third-order valence-electron chi connectivity index (χ3n) is 2.28. The number of hydrogen-bond donors (Lipinski definition) is 1. The Morgan fingerprint density at radius 3 is 2.35 bits per heavy atom. The van der Waals surface area contributed by atoms with E-state index in [0.29, 0.717) is 11.4 Å². The minimum absolute atomic E-state index is 0.197. The molecule has 0 fully saturated rings. The van der Waals surface area contributed by atoms with Crippen molar-refractivity contribution in [1.29, 1.82) is 0 Å². The summed E-state index contributed by atoms with van der Waals surface area (Å²) in [5.41, 5.74) is 2.09. The first-order valence-electron chi connectivity index (χ1n) is 5.12. The van der Waals surface area contributed by atoms with E-state index in [1.54, 1.807) is 30.3 Å². The van der Waals surface area contributed by atoms with E-state index in [2.05, 4.69) is 10.2 Å². The fourth-order valence-electron chi connectivity index (χ4n) is 1.37. The molecule has 0 bridgehead atoms. The van der Waals surface area contributed by atoms with Crippen LogP contribution in [0.4, 0.5) is 15.8 Å². The van der Waals surface area contributed by atoms with Crippen LogP contribution in [0.3, 0.4) is 0 Å². The molecule has 0 aliphatic rings. The summed E-state index contributed by atoms with van der Waals surface area (Å²) in [6.45, 7) is 1.83. The molecule has 86 valence electrons. The number of rotatable bonds is 2. The molecule has 0 saturated heterocycles. The molecule has 0 amide bonds. The van der Waals surface area contributed by atoms with E-state index in [4.69, 9.17) is 0 Å². The molecule has 0 aliphatic heterocycles. The summed E-state index contributed by atoms with van der Waals surface area (Å²) in [4.78, 5) is 0. The van der Waals surface area contributed by atoms with Crippen LogP contribution in [-0.4, -0.2) is 5.11 Å². The van der Waals surface area contributed by atoms with E-state index in [-0.39, 0.29) is 11.6 Å². The maximum absolute atomic E-state index is 12.7. The number of azo groups is 1. The van der Waals surface area contributed by atoms with E-state index in [9.17, 15) is 9.50 Å². The van der Waals surface area contributed by atoms with Crippen molar-refractivity contribution >= 4 is 11.4 Å². The number of nitrogens with zero attached hydrogens (tertiary/aromatic N) is 2. The number of aromatic hydroxyl groups is 1. The second kappa shape index (κ2) is 4.74. The molecule has 0 aliphatic carbocycles. The van der Waals surface area contributed by atoms with Crippen LogP contribution in [0.1, 0.15) is 5.56 Å². The fraction of sp³-hybridized carbons (Fsp3) is 0.0769. The van der Waals surface area contributed by atoms with Gasteiger partial charge in [0.15, 0.2) is 0 Å². The van der Waals surface area contributed by atoms with Gasteiger partial charge in [-0.15, -0.1) is 0 Å². The first-order chi connectivity index (χ1) is 8.15. The molecule has 0 saturated carbocycles. The highest BCUT2D eigenvalue weighted by Gasteiger charge is 1.98. The smallest absolute Gasteiger partial charge is 0.123 e. The second-order valence-electron chi connectivity index (χ2n) is 3.65. The van der Waals surface area contributed by atoms with Gasteiger partial charge >= 0.3 is 0 Å². The summed E-state index contributed by atoms with van der Waals surface area (Å²) < 4.78 is 12.7. The molecule has 0 spiro atoms. The van der Waals surface area contributed by atoms with Crippen LogP contribution in [0, 0.1) is 12.7 Å². The van der Waals surface area contributed by atoms with Crippen molar-refractivity contribution in [3.8, 4) is 5.75 Å². The lowest BCUT2D eigenvalue weighted by molar-refractivity contribution is 0.475. The predicted octanol–water partition coefficient (Wildman–Crippen LogP) is 4.26. The minimum Gasteiger partial charge on any atom is -0.508 e. The molecule has 0 atom stereocenters. The van der Waals surface area contributed by atoms with Crippen molar-refractivity contribution in [3.63, 3.8) is 0 Å². The van der Waals surface area contributed by atoms with Crippen molar-refractivity contribution < 1.29 is 9.50 Å². The van der Waals surface area contributed by atoms with Gasteiger partial charge in [-0.3, -0.25) is 0 Å². The molecule has 2 aromatic carbocycles. The summed E-state index contributed by atoms with van der Waals surface area (Å²) in [5, 5.41) is 17.3. The van der Waals surface area contributed by atoms with Gasteiger partial charge in [0.2, 0.25) is 0 Å². The molecule has 17 heavy (non-hydrogen) atoms. The second-order valence-corrected chi connectivity index (χ2v) is 3.65. The van der Waals surface area contributed by atoms with Crippen molar-refractivity contribution in [1.82, 2.24) is 0 Å². The number of hydrogen-bond acceptors (Lipinski definition) is 3. The van der Waals surface area contributed by atoms with Crippen LogP contribution >= 0.6 is 0 Å². The van der Waals surface area contributed by atoms with Crippen LogP contribution in [0.25, 0.3) is 0 Å². The lowest BCUT2D eigenvalue weighted by Crippen LogP contribution is -1.73. The Kier molecular flexibility index (Phi) is 3.14. The highest BCUT2D eigenvalue weighted by atomic mass is 19.1. The molecule has 1 N–H and O–H groups in total. The topological polar surface area (TPSA) is 45.0 Å². The zero-order chi connectivity index (χ0) is 12.3. The Hall–Kier alpha value is -2.23. The Balaban J connectivity index is 2.23. The molecular formula is C13H11FN2O. The maximum Gasteiger partial charge on any atom is 0.123 e. The van der Waals surface area contributed by atoms with Crippen LogP contribution in [0.15, 0.2) is 52.7 Å². The average molecular weight is 230 g/mol. The number of aryl methyl sites for hydroxylation is 1. The Morgan fingerprint density at radius 1 is 1.00 bits per heavy atom. The van der Waals surface area contributed by atoms with Gasteiger partial charge in [-0.05, 0) is 55.0 Å². The molecule has 2 aromatic rings. The van der Waals surface area contributed by atoms with Crippen LogP contribution in [-0.2, 0) is 0 Å². The van der Waals surface area contributed by atoms with E-state index in [1.165, 1.54) is 12.1 Å². The van der Waals surface area contributed by atoms with Crippen molar-refractivity contribution in [2.45, 2.75) is 6.92 Å². The summed E-state index contributed by atoms with van der Waals surface area (Å²) in [5.74, 6) is -0.104. The van der Waals surface area contributed by atoms with Crippen LogP contribution < -0.4 is 0 Å². The Labute approximate surface area is 98.3 Å². The lowest BCUT2D eigenvalue weighted by Gasteiger charge is -1.99. The Morgan fingerprint density at radius 2 is 1.71 bits per heavy atom. The number of halogens is 1. The zero-order valence-electron chi connectivity index (χ0n) is 9.26. The highest BCUT2D eigenvalue weighted by Crippen LogP contribution is 2.25. The molecule has 0 heterocycles. The molecule has 0 aromatic heterocycles. The quantitative estimate of drug-likeness (QED) is 0.770. The van der Waals surface area contributed by atoms with Gasteiger partial charge in [0.05, 0.1) is 11.4 Å². The standard InChI is InChI=1S/C13H11FN2O/c1-9-8-12(17)6-7-13(9)16-15-11-4-2-10(14)3-5-11/h2-8,17H,1H3. The minimum atomic E-state index is -0.301. The van der Waals surface area contributed by atoms with E-state index in [1.807, 2.05) is 6.92 Å². The van der Waals surface area contributed by atoms with Crippen molar-refractivity contribution in [3.05, 3.63) is 53.8 Å². The van der Waals surface area contributed by atoms with Gasteiger partial charge in [0.1, 0.15) is 11.6 Å². The van der Waals surface area contributed by atoms with E-state index < -0.39 is 0 Å². The van der Waals surface area contributed by atoms with E-state index >= 15 is 0 Å². The number of benzene rings is 2. The van der Waals surface area contributed by atoms with Gasteiger partial charge < -0.3 is 5.11 Å². The van der Waals surface area contributed by atoms with Gasteiger partial charge in [0, 0.05) is 0 Å². The normalized spacial score (nSPS) is 10.9. The first kappa shape index (κ1) is 11.3. The molecule has 3 nitrogen and oxygen atoms in total. The summed E-state index contributed by atoms with van der Waals surface area (Å²) in [6.07, 6.45) is 0. The largest absolute Gasteiger partial charge is 0.508 e. The summed E-state index contributed by atoms with van der Waals surface area (Å²) in [6, 6.07) is 10.6. The predicted molar refractivity (Wildman–Crippen MR) is 63.4 cm³/mol. The molecule has 0 unspecified atom stereocenters. The molecular weight excluding hydrogens is 219 g/mol. The highest BCUT2D eigenvalue weighted by molar-refractivity contribution is 5.49. The monoisotopic (exact) mass is 230 g/mol. The van der Waals surface area contributed by atoms with Crippen molar-refractivity contribution in [2.24, 2.45) is 10.2 Å². The average Bonchev–Trinajstić information content (AvgIpc) is 2.30. The lowest BCUT2D eigenvalue weighted by atomic mass is 10.2. The third kappa shape index (κ3) is 2.87. The van der Waals surface area contributed by atoms with Gasteiger partial charge in [-0.2, -0.15) is 10.2 Å². The SMILES string of the molecule is Cc1cc(O)ccc1N=Nc1ccc(F)cc1. The van der Waals surface area contributed by atoms with Gasteiger partial charge in [0.25, 0.3) is 0 Å². The van der Waals surface area contributed by atoms with Gasteiger partial charge in [-0.25, -0.2) is 4.39 Å². The van der Waals surface area contributed by atoms with E-state index in [0.717, 1.165) is 5.56 Å². The summed E-state index contributed by atoms with van der Waals surface area (Å²) in [7, 11) is 0. The molecule has 2 rings (SSSR count). The molecule has 4 heteroatoms. The number of phenolic OH excluding ortho intramolecular Hbond substituents is 1. The Bertz CT molecular complexity index is 550. The third-order valence-corrected chi connectivity index (χ3v) is 2.28. The van der Waals surface area contributed by atoms with Crippen LogP contribution in [0.2, 0.25) is 0 Å².